The van der Waals surface area contributed by atoms with Gasteiger partial charge in [0.2, 0.25) is 0 Å². The molecule has 0 bridgehead atoms. The van der Waals surface area contributed by atoms with Crippen LogP contribution in [0.4, 0.5) is 0 Å². The Kier molecular flexibility index (Phi) is 4.61. The van der Waals surface area contributed by atoms with Gasteiger partial charge in [0, 0.05) is 30.4 Å². The number of nitrogens with one attached hydrogen (secondary N) is 1. The summed E-state index contributed by atoms with van der Waals surface area (Å²) in [7, 11) is 0. The standard InChI is InChI=1S/C13H19ClN2/c14-12-6-2-1-3-7-13(12)16-10-11-5-4-8-15-9-11/h4-5,8-9,12-13,16H,1-3,6-7,10H2. The van der Waals surface area contributed by atoms with E-state index in [1.165, 1.54) is 31.2 Å². The van der Waals surface area contributed by atoms with Crippen molar-refractivity contribution in [2.75, 3.05) is 0 Å². The minimum atomic E-state index is 0.291. The summed E-state index contributed by atoms with van der Waals surface area (Å²) in [6.07, 6.45) is 9.97. The van der Waals surface area contributed by atoms with E-state index in [9.17, 15) is 0 Å². The van der Waals surface area contributed by atoms with Gasteiger partial charge in [0.1, 0.15) is 0 Å². The predicted molar refractivity (Wildman–Crippen MR) is 67.6 cm³/mol. The molecule has 1 saturated carbocycles. The van der Waals surface area contributed by atoms with E-state index in [2.05, 4.69) is 16.4 Å². The Hall–Kier alpha value is -0.600. The number of pyridine rings is 1. The van der Waals surface area contributed by atoms with Gasteiger partial charge in [0.05, 0.1) is 0 Å². The summed E-state index contributed by atoms with van der Waals surface area (Å²) in [5, 5.41) is 3.85. The molecule has 0 aliphatic heterocycles. The molecule has 2 atom stereocenters. The van der Waals surface area contributed by atoms with Crippen LogP contribution in [0.25, 0.3) is 0 Å². The topological polar surface area (TPSA) is 24.9 Å². The Bertz CT molecular complexity index is 302. The Morgan fingerprint density at radius 2 is 2.19 bits per heavy atom. The van der Waals surface area contributed by atoms with E-state index >= 15 is 0 Å². The smallest absolute Gasteiger partial charge is 0.0489 e. The molecule has 0 radical (unpaired) electrons. The maximum Gasteiger partial charge on any atom is 0.0489 e. The molecule has 16 heavy (non-hydrogen) atoms. The number of nitrogens with zero attached hydrogens (tertiary/aromatic N) is 1. The average molecular weight is 239 g/mol. The number of hydrogen-bond donors (Lipinski definition) is 1. The second-order valence-electron chi connectivity index (χ2n) is 4.50. The second-order valence-corrected chi connectivity index (χ2v) is 5.06. The molecule has 1 aliphatic rings. The molecule has 1 fully saturated rings. The Morgan fingerprint density at radius 1 is 1.31 bits per heavy atom. The van der Waals surface area contributed by atoms with E-state index < -0.39 is 0 Å². The molecule has 2 rings (SSSR count). The van der Waals surface area contributed by atoms with Crippen LogP contribution in [0, 0.1) is 0 Å². The normalized spacial score (nSPS) is 26.3. The van der Waals surface area contributed by atoms with Crippen molar-refractivity contribution in [1.29, 1.82) is 0 Å². The van der Waals surface area contributed by atoms with Crippen molar-refractivity contribution in [3.63, 3.8) is 0 Å². The molecule has 0 amide bonds. The Morgan fingerprint density at radius 3 is 3.00 bits per heavy atom. The van der Waals surface area contributed by atoms with Gasteiger partial charge in [0.15, 0.2) is 0 Å². The molecule has 0 aromatic carbocycles. The van der Waals surface area contributed by atoms with Crippen molar-refractivity contribution in [1.82, 2.24) is 10.3 Å². The SMILES string of the molecule is ClC1CCCCCC1NCc1cccnc1. The lowest BCUT2D eigenvalue weighted by molar-refractivity contribution is 0.464. The molecule has 1 aliphatic carbocycles. The average Bonchev–Trinajstić information content (AvgIpc) is 2.53. The monoisotopic (exact) mass is 238 g/mol. The van der Waals surface area contributed by atoms with Gasteiger partial charge in [-0.3, -0.25) is 4.98 Å². The van der Waals surface area contributed by atoms with E-state index in [0.29, 0.717) is 11.4 Å². The highest BCUT2D eigenvalue weighted by atomic mass is 35.5. The number of hydrogen-bond acceptors (Lipinski definition) is 2. The zero-order valence-corrected chi connectivity index (χ0v) is 10.3. The van der Waals surface area contributed by atoms with E-state index in [0.717, 1.165) is 13.0 Å². The third kappa shape index (κ3) is 3.46. The quantitative estimate of drug-likeness (QED) is 0.647. The molecule has 0 spiro atoms. The number of rotatable bonds is 3. The van der Waals surface area contributed by atoms with Crippen molar-refractivity contribution in [3.05, 3.63) is 30.1 Å². The fraction of sp³-hybridized carbons (Fsp3) is 0.615. The Labute approximate surface area is 102 Å². The fourth-order valence-electron chi connectivity index (χ4n) is 2.24. The summed E-state index contributed by atoms with van der Waals surface area (Å²) in [6.45, 7) is 0.877. The first kappa shape index (κ1) is 11.9. The van der Waals surface area contributed by atoms with Crippen molar-refractivity contribution >= 4 is 11.6 Å². The number of aromatic nitrogens is 1. The molecule has 1 aromatic rings. The number of alkyl halides is 1. The van der Waals surface area contributed by atoms with Crippen LogP contribution in [-0.4, -0.2) is 16.4 Å². The summed E-state index contributed by atoms with van der Waals surface area (Å²) >= 11 is 6.38. The molecule has 2 nitrogen and oxygen atoms in total. The zero-order valence-electron chi connectivity index (χ0n) is 9.53. The van der Waals surface area contributed by atoms with Gasteiger partial charge in [-0.05, 0) is 24.5 Å². The molecule has 1 heterocycles. The maximum atomic E-state index is 6.38. The first-order valence-corrected chi connectivity index (χ1v) is 6.56. The van der Waals surface area contributed by atoms with Gasteiger partial charge < -0.3 is 5.32 Å². The van der Waals surface area contributed by atoms with Gasteiger partial charge in [-0.25, -0.2) is 0 Å². The summed E-state index contributed by atoms with van der Waals surface area (Å²) in [5.74, 6) is 0. The predicted octanol–water partition coefficient (Wildman–Crippen LogP) is 3.11. The van der Waals surface area contributed by atoms with Crippen LogP contribution in [-0.2, 0) is 6.54 Å². The van der Waals surface area contributed by atoms with Crippen molar-refractivity contribution in [2.45, 2.75) is 50.1 Å². The van der Waals surface area contributed by atoms with Gasteiger partial charge >= 0.3 is 0 Å². The lowest BCUT2D eigenvalue weighted by Crippen LogP contribution is -2.35. The van der Waals surface area contributed by atoms with E-state index in [1.54, 1.807) is 6.20 Å². The first-order chi connectivity index (χ1) is 7.86. The minimum absolute atomic E-state index is 0.291. The van der Waals surface area contributed by atoms with Crippen LogP contribution >= 0.6 is 11.6 Å². The highest BCUT2D eigenvalue weighted by Gasteiger charge is 2.20. The van der Waals surface area contributed by atoms with E-state index in [-0.39, 0.29) is 0 Å². The molecule has 2 unspecified atom stereocenters. The molecule has 1 aromatic heterocycles. The second kappa shape index (κ2) is 6.21. The third-order valence-electron chi connectivity index (χ3n) is 3.22. The molecule has 1 N–H and O–H groups in total. The lowest BCUT2D eigenvalue weighted by atomic mass is 10.1. The first-order valence-electron chi connectivity index (χ1n) is 6.12. The van der Waals surface area contributed by atoms with Crippen LogP contribution in [0.15, 0.2) is 24.5 Å². The lowest BCUT2D eigenvalue weighted by Gasteiger charge is -2.21. The van der Waals surface area contributed by atoms with Gasteiger partial charge in [-0.15, -0.1) is 11.6 Å². The van der Waals surface area contributed by atoms with Crippen molar-refractivity contribution in [3.8, 4) is 0 Å². The van der Waals surface area contributed by atoms with Gasteiger partial charge in [0.25, 0.3) is 0 Å². The maximum absolute atomic E-state index is 6.38. The van der Waals surface area contributed by atoms with Crippen LogP contribution in [0.5, 0.6) is 0 Å². The van der Waals surface area contributed by atoms with E-state index in [1.807, 2.05) is 12.3 Å². The molecular weight excluding hydrogens is 220 g/mol. The molecule has 88 valence electrons. The van der Waals surface area contributed by atoms with E-state index in [4.69, 9.17) is 11.6 Å². The summed E-state index contributed by atoms with van der Waals surface area (Å²) in [5.41, 5.74) is 1.23. The third-order valence-corrected chi connectivity index (χ3v) is 3.75. The highest BCUT2D eigenvalue weighted by Crippen LogP contribution is 2.22. The van der Waals surface area contributed by atoms with Gasteiger partial charge in [-0.2, -0.15) is 0 Å². The van der Waals surface area contributed by atoms with Crippen LogP contribution in [0.1, 0.15) is 37.7 Å². The van der Waals surface area contributed by atoms with Crippen molar-refractivity contribution in [2.24, 2.45) is 0 Å². The molecule has 3 heteroatoms. The number of halogens is 1. The fourth-order valence-corrected chi connectivity index (χ4v) is 2.61. The Balaban J connectivity index is 1.84. The van der Waals surface area contributed by atoms with Crippen LogP contribution in [0.2, 0.25) is 0 Å². The summed E-state index contributed by atoms with van der Waals surface area (Å²) in [4.78, 5) is 4.11. The summed E-state index contributed by atoms with van der Waals surface area (Å²) in [6, 6.07) is 4.53. The zero-order chi connectivity index (χ0) is 11.2. The minimum Gasteiger partial charge on any atom is -0.308 e. The van der Waals surface area contributed by atoms with Gasteiger partial charge in [-0.1, -0.05) is 25.3 Å². The van der Waals surface area contributed by atoms with Crippen LogP contribution in [0.3, 0.4) is 0 Å². The molecular formula is C13H19ClN2. The highest BCUT2D eigenvalue weighted by molar-refractivity contribution is 6.21. The largest absolute Gasteiger partial charge is 0.308 e. The molecule has 0 saturated heterocycles. The van der Waals surface area contributed by atoms with Crippen molar-refractivity contribution < 1.29 is 0 Å². The summed E-state index contributed by atoms with van der Waals surface area (Å²) < 4.78 is 0. The van der Waals surface area contributed by atoms with Crippen LogP contribution < -0.4 is 5.32 Å².